The van der Waals surface area contributed by atoms with E-state index in [2.05, 4.69) is 10.1 Å². The number of carbonyl (C=O) groups excluding carboxylic acids is 2. The molecule has 20 heavy (non-hydrogen) atoms. The molecule has 0 atom stereocenters. The number of benzene rings is 1. The van der Waals surface area contributed by atoms with Crippen molar-refractivity contribution < 1.29 is 14.3 Å². The van der Waals surface area contributed by atoms with Crippen LogP contribution in [0, 0.1) is 13.8 Å². The van der Waals surface area contributed by atoms with Crippen LogP contribution in [0.3, 0.4) is 0 Å². The molecule has 0 aliphatic carbocycles. The fourth-order valence-corrected chi connectivity index (χ4v) is 1.95. The predicted octanol–water partition coefficient (Wildman–Crippen LogP) is 2.77. The summed E-state index contributed by atoms with van der Waals surface area (Å²) in [6.07, 6.45) is 3.02. The molecular weight excluding hydrogens is 254 g/mol. The Hall–Kier alpha value is -1.84. The maximum atomic E-state index is 12.0. The summed E-state index contributed by atoms with van der Waals surface area (Å²) in [4.78, 5) is 22.9. The number of hydrogen-bond donors (Lipinski definition) is 1. The van der Waals surface area contributed by atoms with Gasteiger partial charge in [0.15, 0.2) is 0 Å². The van der Waals surface area contributed by atoms with E-state index in [0.717, 1.165) is 36.0 Å². The van der Waals surface area contributed by atoms with E-state index in [1.807, 2.05) is 32.0 Å². The zero-order chi connectivity index (χ0) is 15.0. The van der Waals surface area contributed by atoms with Crippen LogP contribution in [0.5, 0.6) is 0 Å². The lowest BCUT2D eigenvalue weighted by molar-refractivity contribution is -0.140. The second kappa shape index (κ2) is 8.35. The molecular formula is C16H23NO3. The summed E-state index contributed by atoms with van der Waals surface area (Å²) in [7, 11) is 1.40. The molecule has 0 bridgehead atoms. The third-order valence-corrected chi connectivity index (χ3v) is 3.21. The number of methoxy groups -OCH3 is 1. The lowest BCUT2D eigenvalue weighted by atomic mass is 10.1. The number of nitrogens with one attached hydrogen (secondary N) is 1. The first kappa shape index (κ1) is 16.2. The summed E-state index contributed by atoms with van der Waals surface area (Å²) in [5.41, 5.74) is 2.80. The molecule has 1 aromatic carbocycles. The highest BCUT2D eigenvalue weighted by Crippen LogP contribution is 2.10. The number of hydrogen-bond acceptors (Lipinski definition) is 3. The van der Waals surface area contributed by atoms with Crippen molar-refractivity contribution in [3.05, 3.63) is 34.9 Å². The van der Waals surface area contributed by atoms with Crippen LogP contribution in [0.2, 0.25) is 0 Å². The molecule has 0 radical (unpaired) electrons. The normalized spacial score (nSPS) is 10.2. The second-order valence-corrected chi connectivity index (χ2v) is 4.96. The van der Waals surface area contributed by atoms with Gasteiger partial charge in [-0.2, -0.15) is 0 Å². The fraction of sp³-hybridized carbons (Fsp3) is 0.500. The molecule has 1 amide bonds. The van der Waals surface area contributed by atoms with Crippen molar-refractivity contribution in [3.8, 4) is 0 Å². The van der Waals surface area contributed by atoms with Gasteiger partial charge < -0.3 is 10.1 Å². The summed E-state index contributed by atoms with van der Waals surface area (Å²) in [5.74, 6) is -0.205. The van der Waals surface area contributed by atoms with Gasteiger partial charge in [0.2, 0.25) is 0 Å². The number of aryl methyl sites for hydroxylation is 2. The number of esters is 1. The average Bonchev–Trinajstić information content (AvgIpc) is 2.44. The van der Waals surface area contributed by atoms with Crippen molar-refractivity contribution >= 4 is 11.9 Å². The highest BCUT2D eigenvalue weighted by atomic mass is 16.5. The Kier molecular flexibility index (Phi) is 6.77. The van der Waals surface area contributed by atoms with E-state index in [9.17, 15) is 9.59 Å². The Labute approximate surface area is 120 Å². The first-order valence-corrected chi connectivity index (χ1v) is 6.97. The van der Waals surface area contributed by atoms with Crippen LogP contribution in [0.1, 0.15) is 47.2 Å². The third kappa shape index (κ3) is 5.43. The van der Waals surface area contributed by atoms with E-state index in [4.69, 9.17) is 0 Å². The Morgan fingerprint density at radius 3 is 2.60 bits per heavy atom. The number of ether oxygens (including phenoxy) is 1. The van der Waals surface area contributed by atoms with Gasteiger partial charge in [-0.3, -0.25) is 9.59 Å². The molecule has 0 aliphatic rings. The summed E-state index contributed by atoms with van der Waals surface area (Å²) in [5, 5.41) is 2.91. The molecule has 110 valence electrons. The van der Waals surface area contributed by atoms with Crippen LogP contribution in [-0.4, -0.2) is 25.5 Å². The highest BCUT2D eigenvalue weighted by molar-refractivity contribution is 5.95. The highest BCUT2D eigenvalue weighted by Gasteiger charge is 2.08. The minimum atomic E-state index is -0.176. The second-order valence-electron chi connectivity index (χ2n) is 4.96. The number of rotatable bonds is 7. The summed E-state index contributed by atoms with van der Waals surface area (Å²) < 4.78 is 4.57. The van der Waals surface area contributed by atoms with Gasteiger partial charge >= 0.3 is 5.97 Å². The third-order valence-electron chi connectivity index (χ3n) is 3.21. The fourth-order valence-electron chi connectivity index (χ4n) is 1.95. The van der Waals surface area contributed by atoms with Gasteiger partial charge in [-0.15, -0.1) is 0 Å². The molecule has 1 rings (SSSR count). The average molecular weight is 277 g/mol. The maximum Gasteiger partial charge on any atom is 0.305 e. The first-order valence-electron chi connectivity index (χ1n) is 6.97. The topological polar surface area (TPSA) is 55.4 Å². The minimum Gasteiger partial charge on any atom is -0.469 e. The van der Waals surface area contributed by atoms with Crippen LogP contribution in [-0.2, 0) is 9.53 Å². The zero-order valence-corrected chi connectivity index (χ0v) is 12.5. The number of unbranched alkanes of at least 4 members (excludes halogenated alkanes) is 2. The lowest BCUT2D eigenvalue weighted by Gasteiger charge is -2.08. The maximum absolute atomic E-state index is 12.0. The van der Waals surface area contributed by atoms with Gasteiger partial charge in [-0.1, -0.05) is 24.1 Å². The standard InChI is InChI=1S/C16H23NO3/c1-12-8-9-13(2)14(11-12)16(19)17-10-6-4-5-7-15(18)20-3/h8-9,11H,4-7,10H2,1-3H3,(H,17,19). The quantitative estimate of drug-likeness (QED) is 0.616. The molecule has 1 N–H and O–H groups in total. The van der Waals surface area contributed by atoms with Crippen LogP contribution >= 0.6 is 0 Å². The minimum absolute atomic E-state index is 0.0285. The van der Waals surface area contributed by atoms with E-state index in [1.165, 1.54) is 7.11 Å². The molecule has 0 unspecified atom stereocenters. The Morgan fingerprint density at radius 1 is 1.15 bits per heavy atom. The van der Waals surface area contributed by atoms with Crippen LogP contribution < -0.4 is 5.32 Å². The predicted molar refractivity (Wildman–Crippen MR) is 78.7 cm³/mol. The van der Waals surface area contributed by atoms with Gasteiger partial charge in [0.25, 0.3) is 5.91 Å². The Morgan fingerprint density at radius 2 is 1.90 bits per heavy atom. The van der Waals surface area contributed by atoms with E-state index in [0.29, 0.717) is 13.0 Å². The van der Waals surface area contributed by atoms with Crippen LogP contribution in [0.15, 0.2) is 18.2 Å². The van der Waals surface area contributed by atoms with Crippen molar-refractivity contribution in [2.45, 2.75) is 39.5 Å². The molecule has 1 aromatic rings. The van der Waals surface area contributed by atoms with E-state index >= 15 is 0 Å². The van der Waals surface area contributed by atoms with E-state index in [1.54, 1.807) is 0 Å². The Balaban J connectivity index is 2.27. The van der Waals surface area contributed by atoms with Crippen molar-refractivity contribution in [1.29, 1.82) is 0 Å². The van der Waals surface area contributed by atoms with E-state index in [-0.39, 0.29) is 11.9 Å². The first-order chi connectivity index (χ1) is 9.54. The monoisotopic (exact) mass is 277 g/mol. The summed E-state index contributed by atoms with van der Waals surface area (Å²) in [6.45, 7) is 4.54. The smallest absolute Gasteiger partial charge is 0.305 e. The molecule has 4 nitrogen and oxygen atoms in total. The molecule has 0 aromatic heterocycles. The summed E-state index contributed by atoms with van der Waals surface area (Å²) >= 11 is 0. The number of carbonyl (C=O) groups is 2. The van der Waals surface area contributed by atoms with Crippen molar-refractivity contribution in [2.24, 2.45) is 0 Å². The van der Waals surface area contributed by atoms with Crippen LogP contribution in [0.4, 0.5) is 0 Å². The van der Waals surface area contributed by atoms with Crippen molar-refractivity contribution in [1.82, 2.24) is 5.32 Å². The summed E-state index contributed by atoms with van der Waals surface area (Å²) in [6, 6.07) is 5.86. The molecule has 0 spiro atoms. The van der Waals surface area contributed by atoms with Crippen molar-refractivity contribution in [3.63, 3.8) is 0 Å². The SMILES string of the molecule is COC(=O)CCCCCNC(=O)c1cc(C)ccc1C. The van der Waals surface area contributed by atoms with Gasteiger partial charge in [-0.25, -0.2) is 0 Å². The van der Waals surface area contributed by atoms with Gasteiger partial charge in [0.1, 0.15) is 0 Å². The van der Waals surface area contributed by atoms with Gasteiger partial charge in [0, 0.05) is 18.5 Å². The molecule has 0 saturated heterocycles. The van der Waals surface area contributed by atoms with E-state index < -0.39 is 0 Å². The zero-order valence-electron chi connectivity index (χ0n) is 12.5. The van der Waals surface area contributed by atoms with Crippen LogP contribution in [0.25, 0.3) is 0 Å². The molecule has 0 heterocycles. The molecule has 0 saturated carbocycles. The number of amides is 1. The lowest BCUT2D eigenvalue weighted by Crippen LogP contribution is -2.25. The molecule has 0 aliphatic heterocycles. The largest absolute Gasteiger partial charge is 0.469 e. The Bertz CT molecular complexity index is 469. The van der Waals surface area contributed by atoms with Gasteiger partial charge in [0.05, 0.1) is 7.11 Å². The van der Waals surface area contributed by atoms with Crippen molar-refractivity contribution in [2.75, 3.05) is 13.7 Å². The molecule has 0 fully saturated rings. The molecule has 4 heteroatoms. The van der Waals surface area contributed by atoms with Gasteiger partial charge in [-0.05, 0) is 38.3 Å².